The van der Waals surface area contributed by atoms with E-state index in [2.05, 4.69) is 46.0 Å². The Labute approximate surface area is 171 Å². The van der Waals surface area contributed by atoms with Crippen LogP contribution in [0.2, 0.25) is 0 Å². The van der Waals surface area contributed by atoms with E-state index < -0.39 is 0 Å². The van der Waals surface area contributed by atoms with E-state index in [1.807, 2.05) is 18.2 Å². The Balaban J connectivity index is 1.44. The molecule has 0 unspecified atom stereocenters. The molecule has 0 radical (unpaired) electrons. The molecule has 1 aliphatic rings. The van der Waals surface area contributed by atoms with E-state index in [1.165, 1.54) is 17.2 Å². The lowest BCUT2D eigenvalue weighted by Crippen LogP contribution is -2.52. The summed E-state index contributed by atoms with van der Waals surface area (Å²) in [5.74, 6) is -0.273. The molecule has 29 heavy (non-hydrogen) atoms. The molecule has 0 saturated carbocycles. The van der Waals surface area contributed by atoms with Crippen molar-refractivity contribution >= 4 is 10.9 Å². The largest absolute Gasteiger partial charge is 0.396 e. The highest BCUT2D eigenvalue weighted by molar-refractivity contribution is 5.79. The topological polar surface area (TPSA) is 39.6 Å². The fourth-order valence-electron chi connectivity index (χ4n) is 4.13. The van der Waals surface area contributed by atoms with Crippen LogP contribution in [0.25, 0.3) is 10.9 Å². The summed E-state index contributed by atoms with van der Waals surface area (Å²) in [6, 6.07) is 18.0. The van der Waals surface area contributed by atoms with Crippen LogP contribution in [0.4, 0.5) is 4.39 Å². The molecular formula is C24H28FN3O. The Morgan fingerprint density at radius 2 is 1.86 bits per heavy atom. The van der Waals surface area contributed by atoms with Gasteiger partial charge in [0.25, 0.3) is 0 Å². The number of hydrogen-bond acceptors (Lipinski definition) is 4. The van der Waals surface area contributed by atoms with Crippen LogP contribution < -0.4 is 0 Å². The minimum Gasteiger partial charge on any atom is -0.396 e. The zero-order valence-corrected chi connectivity index (χ0v) is 16.9. The summed E-state index contributed by atoms with van der Waals surface area (Å²) in [6.07, 6.45) is 0.752. The number of pyridine rings is 1. The van der Waals surface area contributed by atoms with Gasteiger partial charge in [0, 0.05) is 50.8 Å². The van der Waals surface area contributed by atoms with E-state index in [4.69, 9.17) is 0 Å². The smallest absolute Gasteiger partial charge is 0.149 e. The van der Waals surface area contributed by atoms with Crippen molar-refractivity contribution in [3.8, 4) is 0 Å². The summed E-state index contributed by atoms with van der Waals surface area (Å²) in [7, 11) is 0. The molecule has 2 aromatic carbocycles. The lowest BCUT2D eigenvalue weighted by Gasteiger charge is -2.41. The molecule has 1 fully saturated rings. The molecule has 5 heteroatoms. The Bertz CT molecular complexity index is 960. The maximum atomic E-state index is 14.1. The maximum Gasteiger partial charge on any atom is 0.149 e. The van der Waals surface area contributed by atoms with Crippen LogP contribution in [-0.2, 0) is 13.1 Å². The third-order valence-corrected chi connectivity index (χ3v) is 5.77. The number of piperazine rings is 1. The minimum absolute atomic E-state index is 0.183. The number of fused-ring (bicyclic) bond motifs is 1. The van der Waals surface area contributed by atoms with Gasteiger partial charge in [-0.25, -0.2) is 9.37 Å². The van der Waals surface area contributed by atoms with E-state index >= 15 is 0 Å². The molecule has 4 rings (SSSR count). The van der Waals surface area contributed by atoms with E-state index in [0.717, 1.165) is 43.7 Å². The Hall–Kier alpha value is -2.34. The van der Waals surface area contributed by atoms with Crippen molar-refractivity contribution in [3.05, 3.63) is 77.2 Å². The number of benzene rings is 2. The van der Waals surface area contributed by atoms with Crippen LogP contribution in [0.3, 0.4) is 0 Å². The quantitative estimate of drug-likeness (QED) is 0.692. The van der Waals surface area contributed by atoms with E-state index in [-0.39, 0.29) is 12.4 Å². The van der Waals surface area contributed by atoms with Gasteiger partial charge in [-0.3, -0.25) is 9.80 Å². The average Bonchev–Trinajstić information content (AvgIpc) is 2.72. The first-order valence-electron chi connectivity index (χ1n) is 10.3. The van der Waals surface area contributed by atoms with Crippen molar-refractivity contribution < 1.29 is 9.50 Å². The first-order valence-corrected chi connectivity index (χ1v) is 10.3. The zero-order chi connectivity index (χ0) is 20.2. The third kappa shape index (κ3) is 4.81. The van der Waals surface area contributed by atoms with Gasteiger partial charge in [0.2, 0.25) is 0 Å². The van der Waals surface area contributed by atoms with Crippen molar-refractivity contribution in [1.82, 2.24) is 14.8 Å². The van der Waals surface area contributed by atoms with Gasteiger partial charge in [-0.1, -0.05) is 48.0 Å². The van der Waals surface area contributed by atoms with Crippen LogP contribution in [0.1, 0.15) is 23.2 Å². The predicted molar refractivity (Wildman–Crippen MR) is 114 cm³/mol. The molecule has 1 aliphatic heterocycles. The SMILES string of the molecule is Cc1ccc(CN2CCN(Cc3ccc4cccc(F)c4n3)C[C@@H]2CCO)cc1. The zero-order valence-electron chi connectivity index (χ0n) is 16.9. The Kier molecular flexibility index (Phi) is 6.19. The van der Waals surface area contributed by atoms with Crippen LogP contribution in [-0.4, -0.2) is 52.2 Å². The van der Waals surface area contributed by atoms with Crippen molar-refractivity contribution in [2.75, 3.05) is 26.2 Å². The molecule has 1 N–H and O–H groups in total. The molecule has 1 saturated heterocycles. The molecular weight excluding hydrogens is 365 g/mol. The molecule has 4 nitrogen and oxygen atoms in total. The first-order chi connectivity index (χ1) is 14.1. The Morgan fingerprint density at radius 1 is 1.03 bits per heavy atom. The van der Waals surface area contributed by atoms with Crippen LogP contribution in [0.5, 0.6) is 0 Å². The molecule has 0 spiro atoms. The van der Waals surface area contributed by atoms with Crippen LogP contribution in [0.15, 0.2) is 54.6 Å². The summed E-state index contributed by atoms with van der Waals surface area (Å²) in [4.78, 5) is 9.38. The van der Waals surface area contributed by atoms with Gasteiger partial charge in [0.15, 0.2) is 0 Å². The standard InChI is InChI=1S/C24H28FN3O/c1-18-5-7-19(8-6-18)15-28-13-12-27(17-22(28)11-14-29)16-21-10-9-20-3-2-4-23(25)24(20)26-21/h2-10,22,29H,11-17H2,1H3/t22-/m0/s1. The molecule has 0 bridgehead atoms. The summed E-state index contributed by atoms with van der Waals surface area (Å²) in [5, 5.41) is 10.4. The van der Waals surface area contributed by atoms with Gasteiger partial charge in [-0.05, 0) is 31.0 Å². The fraction of sp³-hybridized carbons (Fsp3) is 0.375. The number of aliphatic hydroxyl groups is 1. The van der Waals surface area contributed by atoms with E-state index in [0.29, 0.717) is 18.1 Å². The monoisotopic (exact) mass is 393 g/mol. The molecule has 1 aromatic heterocycles. The first kappa shape index (κ1) is 20.0. The number of rotatable bonds is 6. The van der Waals surface area contributed by atoms with Gasteiger partial charge >= 0.3 is 0 Å². The second kappa shape index (κ2) is 8.99. The van der Waals surface area contributed by atoms with Crippen LogP contribution in [0, 0.1) is 12.7 Å². The van der Waals surface area contributed by atoms with Crippen molar-refractivity contribution in [2.24, 2.45) is 0 Å². The minimum atomic E-state index is -0.273. The lowest BCUT2D eigenvalue weighted by molar-refractivity contribution is 0.0494. The summed E-state index contributed by atoms with van der Waals surface area (Å²) >= 11 is 0. The highest BCUT2D eigenvalue weighted by atomic mass is 19.1. The van der Waals surface area contributed by atoms with Crippen molar-refractivity contribution in [3.63, 3.8) is 0 Å². The second-order valence-electron chi connectivity index (χ2n) is 7.97. The van der Waals surface area contributed by atoms with E-state index in [9.17, 15) is 9.50 Å². The van der Waals surface area contributed by atoms with Gasteiger partial charge in [0.05, 0.1) is 5.69 Å². The fourth-order valence-corrected chi connectivity index (χ4v) is 4.13. The Morgan fingerprint density at radius 3 is 2.66 bits per heavy atom. The van der Waals surface area contributed by atoms with Crippen molar-refractivity contribution in [2.45, 2.75) is 32.5 Å². The van der Waals surface area contributed by atoms with Crippen LogP contribution >= 0.6 is 0 Å². The van der Waals surface area contributed by atoms with Crippen molar-refractivity contribution in [1.29, 1.82) is 0 Å². The highest BCUT2D eigenvalue weighted by Gasteiger charge is 2.27. The molecule has 3 aromatic rings. The maximum absolute atomic E-state index is 14.1. The highest BCUT2D eigenvalue weighted by Crippen LogP contribution is 2.20. The number of halogens is 1. The number of hydrogen-bond donors (Lipinski definition) is 1. The number of nitrogens with zero attached hydrogens (tertiary/aromatic N) is 3. The second-order valence-corrected chi connectivity index (χ2v) is 7.97. The number of aromatic nitrogens is 1. The third-order valence-electron chi connectivity index (χ3n) is 5.77. The summed E-state index contributed by atoms with van der Waals surface area (Å²) in [6.45, 7) is 6.64. The normalized spacial score (nSPS) is 18.4. The summed E-state index contributed by atoms with van der Waals surface area (Å²) in [5.41, 5.74) is 3.90. The number of aliphatic hydroxyl groups excluding tert-OH is 1. The average molecular weight is 394 g/mol. The molecule has 1 atom stereocenters. The molecule has 152 valence electrons. The van der Waals surface area contributed by atoms with E-state index in [1.54, 1.807) is 6.07 Å². The van der Waals surface area contributed by atoms with Gasteiger partial charge in [0.1, 0.15) is 11.3 Å². The number of para-hydroxylation sites is 1. The molecule has 2 heterocycles. The molecule has 0 amide bonds. The predicted octanol–water partition coefficient (Wildman–Crippen LogP) is 3.75. The van der Waals surface area contributed by atoms with Gasteiger partial charge < -0.3 is 5.11 Å². The van der Waals surface area contributed by atoms with Gasteiger partial charge in [-0.15, -0.1) is 0 Å². The molecule has 0 aliphatic carbocycles. The number of aryl methyl sites for hydroxylation is 1. The summed E-state index contributed by atoms with van der Waals surface area (Å²) < 4.78 is 14.1. The van der Waals surface area contributed by atoms with Gasteiger partial charge in [-0.2, -0.15) is 0 Å². The lowest BCUT2D eigenvalue weighted by atomic mass is 10.1.